The number of hydrogen-bond donors (Lipinski definition) is 2. The number of aromatic hydroxyl groups is 1. The fraction of sp³-hybridized carbons (Fsp3) is 0.300. The van der Waals surface area contributed by atoms with Crippen LogP contribution < -0.4 is 15.0 Å². The highest BCUT2D eigenvalue weighted by atomic mass is 16.5. The van der Waals surface area contributed by atoms with Crippen LogP contribution >= 0.6 is 0 Å². The Hall–Kier alpha value is -3.02. The maximum atomic E-state index is 12.4. The number of nitrogens with one attached hydrogen (secondary N) is 1. The Balaban J connectivity index is 1.51. The standard InChI is InChI=1S/C20H22N2O4/c1-14-20(25)22(17-4-2-3-5-18(17)26-14)13-11-19(24)21-12-10-15-6-8-16(23)9-7-15/h2-9,14,23H,10-13H2,1H3,(H,21,24). The molecule has 1 atom stereocenters. The molecular formula is C20H22N2O4. The first-order valence-electron chi connectivity index (χ1n) is 8.66. The molecule has 6 heteroatoms. The first-order valence-corrected chi connectivity index (χ1v) is 8.66. The van der Waals surface area contributed by atoms with E-state index in [0.717, 1.165) is 5.56 Å². The molecule has 0 saturated heterocycles. The Morgan fingerprint density at radius 1 is 1.19 bits per heavy atom. The van der Waals surface area contributed by atoms with Crippen molar-refractivity contribution in [3.8, 4) is 11.5 Å². The molecule has 2 aromatic rings. The van der Waals surface area contributed by atoms with Gasteiger partial charge in [-0.25, -0.2) is 0 Å². The van der Waals surface area contributed by atoms with Crippen molar-refractivity contribution in [3.63, 3.8) is 0 Å². The average Bonchev–Trinajstić information content (AvgIpc) is 2.64. The van der Waals surface area contributed by atoms with Gasteiger partial charge in [-0.15, -0.1) is 0 Å². The van der Waals surface area contributed by atoms with Crippen molar-refractivity contribution in [2.75, 3.05) is 18.0 Å². The van der Waals surface area contributed by atoms with E-state index in [1.54, 1.807) is 24.0 Å². The van der Waals surface area contributed by atoms with Gasteiger partial charge < -0.3 is 20.1 Å². The minimum absolute atomic E-state index is 0.104. The Morgan fingerprint density at radius 2 is 1.92 bits per heavy atom. The van der Waals surface area contributed by atoms with Crippen LogP contribution in [0.5, 0.6) is 11.5 Å². The Kier molecular flexibility index (Phi) is 5.41. The number of rotatable bonds is 6. The molecule has 1 aliphatic heterocycles. The van der Waals surface area contributed by atoms with Gasteiger partial charge in [0.15, 0.2) is 6.10 Å². The SMILES string of the molecule is CC1Oc2ccccc2N(CCC(=O)NCCc2ccc(O)cc2)C1=O. The second kappa shape index (κ2) is 7.91. The molecule has 0 aliphatic carbocycles. The molecule has 26 heavy (non-hydrogen) atoms. The van der Waals surface area contributed by atoms with E-state index in [1.807, 2.05) is 36.4 Å². The molecule has 0 saturated carbocycles. The normalized spacial score (nSPS) is 16.0. The van der Waals surface area contributed by atoms with Gasteiger partial charge in [0.1, 0.15) is 11.5 Å². The van der Waals surface area contributed by atoms with Crippen LogP contribution in [0.2, 0.25) is 0 Å². The Morgan fingerprint density at radius 3 is 2.69 bits per heavy atom. The van der Waals surface area contributed by atoms with Crippen molar-refractivity contribution in [1.29, 1.82) is 0 Å². The zero-order valence-corrected chi connectivity index (χ0v) is 14.6. The lowest BCUT2D eigenvalue weighted by Crippen LogP contribution is -2.45. The van der Waals surface area contributed by atoms with E-state index in [-0.39, 0.29) is 24.0 Å². The molecule has 3 rings (SSSR count). The second-order valence-electron chi connectivity index (χ2n) is 6.23. The number of amides is 2. The van der Waals surface area contributed by atoms with E-state index >= 15 is 0 Å². The number of phenols is 1. The summed E-state index contributed by atoms with van der Waals surface area (Å²) in [5.74, 6) is 0.642. The van der Waals surface area contributed by atoms with Gasteiger partial charge in [-0.3, -0.25) is 9.59 Å². The predicted molar refractivity (Wildman–Crippen MR) is 98.3 cm³/mol. The van der Waals surface area contributed by atoms with E-state index in [4.69, 9.17) is 4.74 Å². The third-order valence-corrected chi connectivity index (χ3v) is 4.31. The number of fused-ring (bicyclic) bond motifs is 1. The number of ether oxygens (including phenoxy) is 1. The lowest BCUT2D eigenvalue weighted by molar-refractivity contribution is -0.125. The van der Waals surface area contributed by atoms with Gasteiger partial charge in [0.2, 0.25) is 5.91 Å². The number of hydrogen-bond acceptors (Lipinski definition) is 4. The van der Waals surface area contributed by atoms with Crippen molar-refractivity contribution < 1.29 is 19.4 Å². The summed E-state index contributed by atoms with van der Waals surface area (Å²) in [5, 5.41) is 12.1. The fourth-order valence-corrected chi connectivity index (χ4v) is 2.90. The van der Waals surface area contributed by atoms with Crippen LogP contribution in [0.15, 0.2) is 48.5 Å². The zero-order chi connectivity index (χ0) is 18.5. The number of carbonyl (C=O) groups is 2. The molecule has 0 bridgehead atoms. The largest absolute Gasteiger partial charge is 0.508 e. The lowest BCUT2D eigenvalue weighted by atomic mass is 10.1. The maximum absolute atomic E-state index is 12.4. The molecule has 6 nitrogen and oxygen atoms in total. The predicted octanol–water partition coefficient (Wildman–Crippen LogP) is 2.26. The average molecular weight is 354 g/mol. The fourth-order valence-electron chi connectivity index (χ4n) is 2.90. The molecule has 1 heterocycles. The molecule has 1 aliphatic rings. The molecule has 0 aromatic heterocycles. The highest BCUT2D eigenvalue weighted by Gasteiger charge is 2.31. The summed E-state index contributed by atoms with van der Waals surface area (Å²) in [6.45, 7) is 2.53. The quantitative estimate of drug-likeness (QED) is 0.834. The van der Waals surface area contributed by atoms with Crippen molar-refractivity contribution in [3.05, 3.63) is 54.1 Å². The third-order valence-electron chi connectivity index (χ3n) is 4.31. The summed E-state index contributed by atoms with van der Waals surface area (Å²) >= 11 is 0. The number of anilines is 1. The number of benzene rings is 2. The molecular weight excluding hydrogens is 332 g/mol. The highest BCUT2D eigenvalue weighted by molar-refractivity contribution is 6.00. The van der Waals surface area contributed by atoms with Crippen molar-refractivity contribution in [2.24, 2.45) is 0 Å². The van der Waals surface area contributed by atoms with Crippen LogP contribution in [0, 0.1) is 0 Å². The molecule has 2 amide bonds. The molecule has 2 aromatic carbocycles. The second-order valence-corrected chi connectivity index (χ2v) is 6.23. The van der Waals surface area contributed by atoms with Gasteiger partial charge >= 0.3 is 0 Å². The van der Waals surface area contributed by atoms with Crippen LogP contribution in [-0.4, -0.2) is 36.1 Å². The van der Waals surface area contributed by atoms with E-state index in [1.165, 1.54) is 0 Å². The number of nitrogens with zero attached hydrogens (tertiary/aromatic N) is 1. The van der Waals surface area contributed by atoms with Gasteiger partial charge in [0.25, 0.3) is 5.91 Å². The molecule has 136 valence electrons. The smallest absolute Gasteiger partial charge is 0.267 e. The van der Waals surface area contributed by atoms with Crippen LogP contribution in [0.1, 0.15) is 18.9 Å². The highest BCUT2D eigenvalue weighted by Crippen LogP contribution is 2.33. The van der Waals surface area contributed by atoms with E-state index < -0.39 is 6.10 Å². The molecule has 1 unspecified atom stereocenters. The summed E-state index contributed by atoms with van der Waals surface area (Å²) in [6, 6.07) is 14.2. The number of para-hydroxylation sites is 2. The molecule has 0 radical (unpaired) electrons. The first kappa shape index (κ1) is 17.8. The van der Waals surface area contributed by atoms with Crippen LogP contribution in [0.3, 0.4) is 0 Å². The van der Waals surface area contributed by atoms with Crippen LogP contribution in [-0.2, 0) is 16.0 Å². The summed E-state index contributed by atoms with van der Waals surface area (Å²) in [6.07, 6.45) is 0.354. The minimum Gasteiger partial charge on any atom is -0.508 e. The van der Waals surface area contributed by atoms with Crippen LogP contribution in [0.4, 0.5) is 5.69 Å². The van der Waals surface area contributed by atoms with Crippen molar-refractivity contribution in [1.82, 2.24) is 5.32 Å². The molecule has 0 fully saturated rings. The Labute approximate surface area is 152 Å². The maximum Gasteiger partial charge on any atom is 0.267 e. The van der Waals surface area contributed by atoms with E-state index in [9.17, 15) is 14.7 Å². The summed E-state index contributed by atoms with van der Waals surface area (Å²) < 4.78 is 5.59. The number of carbonyl (C=O) groups excluding carboxylic acids is 2. The van der Waals surface area contributed by atoms with Gasteiger partial charge in [-0.2, -0.15) is 0 Å². The summed E-state index contributed by atoms with van der Waals surface area (Å²) in [5.41, 5.74) is 1.74. The first-order chi connectivity index (χ1) is 12.5. The third kappa shape index (κ3) is 4.14. The summed E-state index contributed by atoms with van der Waals surface area (Å²) in [4.78, 5) is 26.1. The number of phenolic OH excluding ortho intramolecular Hbond substituents is 1. The van der Waals surface area contributed by atoms with E-state index in [0.29, 0.717) is 30.9 Å². The zero-order valence-electron chi connectivity index (χ0n) is 14.6. The van der Waals surface area contributed by atoms with Gasteiger partial charge in [-0.1, -0.05) is 24.3 Å². The minimum atomic E-state index is -0.553. The van der Waals surface area contributed by atoms with Crippen molar-refractivity contribution >= 4 is 17.5 Å². The van der Waals surface area contributed by atoms with Gasteiger partial charge in [0.05, 0.1) is 5.69 Å². The Bertz CT molecular complexity index is 789. The lowest BCUT2D eigenvalue weighted by Gasteiger charge is -2.32. The summed E-state index contributed by atoms with van der Waals surface area (Å²) in [7, 11) is 0. The molecule has 0 spiro atoms. The van der Waals surface area contributed by atoms with Gasteiger partial charge in [-0.05, 0) is 43.2 Å². The topological polar surface area (TPSA) is 78.9 Å². The van der Waals surface area contributed by atoms with E-state index in [2.05, 4.69) is 5.32 Å². The molecule has 2 N–H and O–H groups in total. The monoisotopic (exact) mass is 354 g/mol. The van der Waals surface area contributed by atoms with Crippen LogP contribution in [0.25, 0.3) is 0 Å². The van der Waals surface area contributed by atoms with Gasteiger partial charge in [0, 0.05) is 19.5 Å². The van der Waals surface area contributed by atoms with Crippen molar-refractivity contribution in [2.45, 2.75) is 25.9 Å².